The number of hydrogen-bond donors (Lipinski definition) is 2. The van der Waals surface area contributed by atoms with Crippen molar-refractivity contribution in [2.24, 2.45) is 0 Å². The highest BCUT2D eigenvalue weighted by Crippen LogP contribution is 2.24. The fourth-order valence-corrected chi connectivity index (χ4v) is 3.62. The Morgan fingerprint density at radius 1 is 1.10 bits per heavy atom. The lowest BCUT2D eigenvalue weighted by Gasteiger charge is -2.14. The number of carbonyl (C=O) groups excluding carboxylic acids is 4. The average Bonchev–Trinajstić information content (AvgIpc) is 3.26. The number of esters is 1. The second-order valence-corrected chi connectivity index (χ2v) is 7.42. The minimum absolute atomic E-state index is 0.00887. The van der Waals surface area contributed by atoms with E-state index in [1.807, 2.05) is 31.2 Å². The van der Waals surface area contributed by atoms with Gasteiger partial charge >= 0.3 is 12.0 Å². The fraction of sp³-hybridized carbons (Fsp3) is 0.217. The first kappa shape index (κ1) is 20.3. The lowest BCUT2D eigenvalue weighted by Crippen LogP contribution is -2.30. The van der Waals surface area contributed by atoms with Crippen molar-refractivity contribution in [2.45, 2.75) is 26.5 Å². The molecule has 1 aromatic heterocycles. The van der Waals surface area contributed by atoms with Crippen LogP contribution in [0.15, 0.2) is 48.5 Å². The maximum Gasteiger partial charge on any atom is 0.338 e. The summed E-state index contributed by atoms with van der Waals surface area (Å²) in [7, 11) is 0. The molecule has 0 bridgehead atoms. The van der Waals surface area contributed by atoms with Crippen molar-refractivity contribution >= 4 is 34.6 Å². The van der Waals surface area contributed by atoms with Crippen LogP contribution in [0.2, 0.25) is 0 Å². The number of ketones is 1. The minimum Gasteiger partial charge on any atom is -0.451 e. The number of aromatic amines is 1. The van der Waals surface area contributed by atoms with Gasteiger partial charge in [-0.25, -0.2) is 9.59 Å². The van der Waals surface area contributed by atoms with Crippen LogP contribution < -0.4 is 5.32 Å². The van der Waals surface area contributed by atoms with Gasteiger partial charge in [0.15, 0.2) is 6.10 Å². The monoisotopic (exact) mass is 419 g/mol. The van der Waals surface area contributed by atoms with Crippen molar-refractivity contribution in [1.29, 1.82) is 0 Å². The molecule has 31 heavy (non-hydrogen) atoms. The van der Waals surface area contributed by atoms with Gasteiger partial charge in [-0.2, -0.15) is 0 Å². The van der Waals surface area contributed by atoms with Gasteiger partial charge in [0.05, 0.1) is 18.7 Å². The molecule has 1 saturated heterocycles. The molecule has 158 valence electrons. The molecule has 4 rings (SSSR count). The molecular weight excluding hydrogens is 398 g/mol. The Balaban J connectivity index is 1.44. The van der Waals surface area contributed by atoms with Gasteiger partial charge in [-0.3, -0.25) is 14.5 Å². The molecule has 3 amide bonds. The number of benzene rings is 2. The summed E-state index contributed by atoms with van der Waals surface area (Å²) in [4.78, 5) is 53.1. The average molecular weight is 419 g/mol. The van der Waals surface area contributed by atoms with Gasteiger partial charge in [0.25, 0.3) is 0 Å². The van der Waals surface area contributed by atoms with Crippen LogP contribution in [-0.4, -0.2) is 46.2 Å². The molecule has 2 aromatic carbocycles. The SMILES string of the molecule is Cc1[nH]c2ccccc2c1C(=O)[C@@H](C)OC(=O)c1ccc(CN2C(=O)CNC2=O)cc1. The van der Waals surface area contributed by atoms with Crippen LogP contribution in [0.3, 0.4) is 0 Å². The standard InChI is InChI=1S/C23H21N3O5/c1-13-20(17-5-3-4-6-18(17)25-13)21(28)14(2)31-22(29)16-9-7-15(8-10-16)12-26-19(27)11-24-23(26)30/h3-10,14,25H,11-12H2,1-2H3,(H,24,30)/t14-/m1/s1. The van der Waals surface area contributed by atoms with Gasteiger partial charge in [-0.1, -0.05) is 30.3 Å². The Bertz CT molecular complexity index is 1180. The van der Waals surface area contributed by atoms with Crippen molar-refractivity contribution in [1.82, 2.24) is 15.2 Å². The number of hydrogen-bond acceptors (Lipinski definition) is 5. The Morgan fingerprint density at radius 3 is 2.48 bits per heavy atom. The number of nitrogens with one attached hydrogen (secondary N) is 2. The largest absolute Gasteiger partial charge is 0.451 e. The van der Waals surface area contributed by atoms with Crippen LogP contribution >= 0.6 is 0 Å². The summed E-state index contributed by atoms with van der Waals surface area (Å²) in [5, 5.41) is 3.25. The molecule has 1 aliphatic rings. The molecule has 1 aliphatic heterocycles. The number of nitrogens with zero attached hydrogens (tertiary/aromatic N) is 1. The van der Waals surface area contributed by atoms with E-state index in [-0.39, 0.29) is 30.3 Å². The van der Waals surface area contributed by atoms with Gasteiger partial charge in [0.1, 0.15) is 0 Å². The first-order valence-electron chi connectivity index (χ1n) is 9.85. The van der Waals surface area contributed by atoms with E-state index in [4.69, 9.17) is 4.74 Å². The molecular formula is C23H21N3O5. The summed E-state index contributed by atoms with van der Waals surface area (Å²) in [6.07, 6.45) is -0.962. The minimum atomic E-state index is -0.962. The van der Waals surface area contributed by atoms with Crippen LogP contribution in [0.1, 0.15) is 38.9 Å². The Hall–Kier alpha value is -3.94. The van der Waals surface area contributed by atoms with Crippen LogP contribution in [0.25, 0.3) is 10.9 Å². The molecule has 0 saturated carbocycles. The molecule has 8 nitrogen and oxygen atoms in total. The third-order valence-electron chi connectivity index (χ3n) is 5.26. The van der Waals surface area contributed by atoms with E-state index in [1.165, 1.54) is 0 Å². The van der Waals surface area contributed by atoms with Crippen molar-refractivity contribution in [3.05, 3.63) is 70.9 Å². The van der Waals surface area contributed by atoms with Crippen LogP contribution in [0.4, 0.5) is 4.79 Å². The summed E-state index contributed by atoms with van der Waals surface area (Å²) < 4.78 is 5.40. The predicted octanol–water partition coefficient (Wildman–Crippen LogP) is 2.96. The summed E-state index contributed by atoms with van der Waals surface area (Å²) in [5.41, 5.74) is 3.05. The van der Waals surface area contributed by atoms with E-state index in [1.54, 1.807) is 31.2 Å². The van der Waals surface area contributed by atoms with Crippen LogP contribution in [0, 0.1) is 6.92 Å². The maximum atomic E-state index is 12.9. The highest BCUT2D eigenvalue weighted by Gasteiger charge is 2.28. The van der Waals surface area contributed by atoms with Crippen molar-refractivity contribution in [2.75, 3.05) is 6.54 Å². The summed E-state index contributed by atoms with van der Waals surface area (Å²) in [6, 6.07) is 13.4. The van der Waals surface area contributed by atoms with E-state index in [2.05, 4.69) is 10.3 Å². The third kappa shape index (κ3) is 3.92. The van der Waals surface area contributed by atoms with Crippen molar-refractivity contribution in [3.8, 4) is 0 Å². The fourth-order valence-electron chi connectivity index (χ4n) is 3.62. The number of aromatic nitrogens is 1. The van der Waals surface area contributed by atoms with E-state index < -0.39 is 18.1 Å². The molecule has 0 radical (unpaired) electrons. The van der Waals surface area contributed by atoms with E-state index >= 15 is 0 Å². The first-order chi connectivity index (χ1) is 14.8. The predicted molar refractivity (Wildman–Crippen MR) is 113 cm³/mol. The maximum absolute atomic E-state index is 12.9. The normalized spacial score (nSPS) is 14.6. The number of ether oxygens (including phenoxy) is 1. The topological polar surface area (TPSA) is 109 Å². The molecule has 0 unspecified atom stereocenters. The molecule has 3 aromatic rings. The summed E-state index contributed by atoms with van der Waals surface area (Å²) in [5.74, 6) is -1.20. The second-order valence-electron chi connectivity index (χ2n) is 7.42. The van der Waals surface area contributed by atoms with E-state index in [0.717, 1.165) is 21.5 Å². The summed E-state index contributed by atoms with van der Waals surface area (Å²) in [6.45, 7) is 3.47. The smallest absolute Gasteiger partial charge is 0.338 e. The van der Waals surface area contributed by atoms with E-state index in [9.17, 15) is 19.2 Å². The van der Waals surface area contributed by atoms with Gasteiger partial charge in [0, 0.05) is 22.2 Å². The Kier molecular flexibility index (Phi) is 5.29. The second kappa shape index (κ2) is 8.06. The zero-order chi connectivity index (χ0) is 22.1. The number of para-hydroxylation sites is 1. The Labute approximate surface area is 178 Å². The first-order valence-corrected chi connectivity index (χ1v) is 9.85. The van der Waals surface area contributed by atoms with Crippen LogP contribution in [0.5, 0.6) is 0 Å². The molecule has 1 atom stereocenters. The van der Waals surface area contributed by atoms with Crippen LogP contribution in [-0.2, 0) is 16.1 Å². The molecule has 8 heteroatoms. The number of carbonyl (C=O) groups is 4. The summed E-state index contributed by atoms with van der Waals surface area (Å²) >= 11 is 0. The molecule has 2 heterocycles. The van der Waals surface area contributed by atoms with Gasteiger partial charge < -0.3 is 15.0 Å². The van der Waals surface area contributed by atoms with Gasteiger partial charge in [-0.05, 0) is 37.6 Å². The zero-order valence-electron chi connectivity index (χ0n) is 17.1. The number of amides is 3. The van der Waals surface area contributed by atoms with Gasteiger partial charge in [-0.15, -0.1) is 0 Å². The zero-order valence-corrected chi connectivity index (χ0v) is 17.1. The Morgan fingerprint density at radius 2 is 1.81 bits per heavy atom. The third-order valence-corrected chi connectivity index (χ3v) is 5.26. The number of imide groups is 1. The highest BCUT2D eigenvalue weighted by atomic mass is 16.5. The number of aryl methyl sites for hydroxylation is 1. The van der Waals surface area contributed by atoms with Gasteiger partial charge in [0.2, 0.25) is 11.7 Å². The number of fused-ring (bicyclic) bond motifs is 1. The highest BCUT2D eigenvalue weighted by molar-refractivity contribution is 6.11. The lowest BCUT2D eigenvalue weighted by molar-refractivity contribution is -0.125. The number of H-pyrrole nitrogens is 1. The molecule has 2 N–H and O–H groups in total. The quantitative estimate of drug-likeness (QED) is 0.363. The number of rotatable bonds is 6. The molecule has 0 aliphatic carbocycles. The van der Waals surface area contributed by atoms with Crippen molar-refractivity contribution in [3.63, 3.8) is 0 Å². The number of urea groups is 1. The molecule has 1 fully saturated rings. The van der Waals surface area contributed by atoms with E-state index in [0.29, 0.717) is 11.1 Å². The number of Topliss-reactive ketones (excluding diaryl/α,β-unsaturated/α-hetero) is 1. The lowest BCUT2D eigenvalue weighted by atomic mass is 10.0. The molecule has 0 spiro atoms. The van der Waals surface area contributed by atoms with Crippen molar-refractivity contribution < 1.29 is 23.9 Å².